The molecule has 0 aliphatic carbocycles. The molecule has 0 spiro atoms. The molecule has 0 aliphatic rings. The third-order valence-corrected chi connectivity index (χ3v) is 4.11. The maximum Gasteiger partial charge on any atom is 0.244 e. The Morgan fingerprint density at radius 1 is 1.40 bits per heavy atom. The fourth-order valence-electron chi connectivity index (χ4n) is 1.79. The lowest BCUT2D eigenvalue weighted by Gasteiger charge is -2.03. The van der Waals surface area contributed by atoms with E-state index in [1.165, 1.54) is 5.56 Å². The molecule has 1 amide bonds. The predicted molar refractivity (Wildman–Crippen MR) is 86.3 cm³/mol. The van der Waals surface area contributed by atoms with E-state index in [0.717, 1.165) is 21.9 Å². The van der Waals surface area contributed by atoms with Crippen LogP contribution in [0.4, 0.5) is 0 Å². The van der Waals surface area contributed by atoms with Crippen LogP contribution in [0.25, 0.3) is 6.08 Å². The van der Waals surface area contributed by atoms with Gasteiger partial charge in [0.1, 0.15) is 0 Å². The van der Waals surface area contributed by atoms with Crippen molar-refractivity contribution in [2.45, 2.75) is 13.3 Å². The fourth-order valence-corrected chi connectivity index (χ4v) is 2.82. The van der Waals surface area contributed by atoms with Gasteiger partial charge in [-0.3, -0.25) is 4.79 Å². The van der Waals surface area contributed by atoms with Gasteiger partial charge in [-0.1, -0.05) is 23.7 Å². The SMILES string of the molecule is Cc1ccsc1/C=C/C(=O)NCCc1cccc(Cl)c1. The van der Waals surface area contributed by atoms with Crippen molar-refractivity contribution in [3.05, 3.63) is 62.8 Å². The van der Waals surface area contributed by atoms with Gasteiger partial charge in [0.2, 0.25) is 5.91 Å². The smallest absolute Gasteiger partial charge is 0.244 e. The van der Waals surface area contributed by atoms with E-state index in [-0.39, 0.29) is 5.91 Å². The summed E-state index contributed by atoms with van der Waals surface area (Å²) < 4.78 is 0. The molecule has 0 saturated heterocycles. The van der Waals surface area contributed by atoms with Gasteiger partial charge in [0, 0.05) is 22.5 Å². The quantitative estimate of drug-likeness (QED) is 0.829. The Morgan fingerprint density at radius 3 is 2.95 bits per heavy atom. The Labute approximate surface area is 128 Å². The number of hydrogen-bond donors (Lipinski definition) is 1. The molecule has 0 radical (unpaired) electrons. The van der Waals surface area contributed by atoms with Gasteiger partial charge in [-0.05, 0) is 54.1 Å². The van der Waals surface area contributed by atoms with Crippen LogP contribution in [0.5, 0.6) is 0 Å². The number of benzene rings is 1. The summed E-state index contributed by atoms with van der Waals surface area (Å²) >= 11 is 7.54. The normalized spacial score (nSPS) is 10.9. The third kappa shape index (κ3) is 4.51. The summed E-state index contributed by atoms with van der Waals surface area (Å²) in [5.41, 5.74) is 2.31. The molecule has 0 saturated carbocycles. The van der Waals surface area contributed by atoms with E-state index in [1.54, 1.807) is 17.4 Å². The highest BCUT2D eigenvalue weighted by Crippen LogP contribution is 2.16. The van der Waals surface area contributed by atoms with Crippen LogP contribution in [0.1, 0.15) is 16.0 Å². The number of halogens is 1. The molecule has 1 aromatic heterocycles. The minimum Gasteiger partial charge on any atom is -0.352 e. The van der Waals surface area contributed by atoms with Gasteiger partial charge in [0.25, 0.3) is 0 Å². The molecule has 2 rings (SSSR count). The lowest BCUT2D eigenvalue weighted by atomic mass is 10.1. The second-order valence-electron chi connectivity index (χ2n) is 4.47. The van der Waals surface area contributed by atoms with Gasteiger partial charge in [0.05, 0.1) is 0 Å². The van der Waals surface area contributed by atoms with Crippen molar-refractivity contribution in [1.82, 2.24) is 5.32 Å². The van der Waals surface area contributed by atoms with Gasteiger partial charge in [0.15, 0.2) is 0 Å². The lowest BCUT2D eigenvalue weighted by molar-refractivity contribution is -0.116. The maximum atomic E-state index is 11.7. The second-order valence-corrected chi connectivity index (χ2v) is 5.86. The Kier molecular flexibility index (Phi) is 5.39. The first-order chi connectivity index (χ1) is 9.65. The van der Waals surface area contributed by atoms with Crippen LogP contribution < -0.4 is 5.32 Å². The molecule has 1 N–H and O–H groups in total. The zero-order chi connectivity index (χ0) is 14.4. The molecule has 20 heavy (non-hydrogen) atoms. The van der Waals surface area contributed by atoms with Crippen LogP contribution in [-0.2, 0) is 11.2 Å². The van der Waals surface area contributed by atoms with E-state index in [0.29, 0.717) is 6.54 Å². The number of aryl methyl sites for hydroxylation is 1. The summed E-state index contributed by atoms with van der Waals surface area (Å²) in [6.45, 7) is 2.64. The van der Waals surface area contributed by atoms with Crippen LogP contribution in [0.3, 0.4) is 0 Å². The van der Waals surface area contributed by atoms with Crippen molar-refractivity contribution in [1.29, 1.82) is 0 Å². The number of carbonyl (C=O) groups excluding carboxylic acids is 1. The van der Waals surface area contributed by atoms with E-state index in [2.05, 4.69) is 5.32 Å². The first kappa shape index (κ1) is 14.8. The van der Waals surface area contributed by atoms with Crippen molar-refractivity contribution < 1.29 is 4.79 Å². The Morgan fingerprint density at radius 2 is 2.25 bits per heavy atom. The highest BCUT2D eigenvalue weighted by atomic mass is 35.5. The largest absolute Gasteiger partial charge is 0.352 e. The summed E-state index contributed by atoms with van der Waals surface area (Å²) in [5, 5.41) is 5.61. The molecule has 104 valence electrons. The third-order valence-electron chi connectivity index (χ3n) is 2.89. The number of thiophene rings is 1. The highest BCUT2D eigenvalue weighted by molar-refractivity contribution is 7.11. The van der Waals surface area contributed by atoms with Crippen LogP contribution in [0, 0.1) is 6.92 Å². The molecule has 4 heteroatoms. The summed E-state index contributed by atoms with van der Waals surface area (Å²) in [5.74, 6) is -0.0696. The standard InChI is InChI=1S/C16H16ClNOS/c1-12-8-10-20-15(12)5-6-16(19)18-9-7-13-3-2-4-14(17)11-13/h2-6,8,10-11H,7,9H2,1H3,(H,18,19)/b6-5+. The zero-order valence-electron chi connectivity index (χ0n) is 11.2. The first-order valence-corrected chi connectivity index (χ1v) is 7.65. The summed E-state index contributed by atoms with van der Waals surface area (Å²) in [7, 11) is 0. The van der Waals surface area contributed by atoms with Crippen LogP contribution in [0.2, 0.25) is 5.02 Å². The minimum atomic E-state index is -0.0696. The number of amides is 1. The minimum absolute atomic E-state index is 0.0696. The molecule has 0 bridgehead atoms. The Balaban J connectivity index is 1.78. The van der Waals surface area contributed by atoms with Gasteiger partial charge in [-0.15, -0.1) is 11.3 Å². The van der Waals surface area contributed by atoms with Crippen molar-refractivity contribution in [3.63, 3.8) is 0 Å². The van der Waals surface area contributed by atoms with Crippen molar-refractivity contribution in [2.24, 2.45) is 0 Å². The molecule has 0 atom stereocenters. The van der Waals surface area contributed by atoms with Crippen molar-refractivity contribution in [3.8, 4) is 0 Å². The Bertz CT molecular complexity index is 618. The summed E-state index contributed by atoms with van der Waals surface area (Å²) in [4.78, 5) is 12.8. The van der Waals surface area contributed by atoms with E-state index < -0.39 is 0 Å². The summed E-state index contributed by atoms with van der Waals surface area (Å²) in [6.07, 6.45) is 4.21. The zero-order valence-corrected chi connectivity index (χ0v) is 12.8. The molecular formula is C16H16ClNOS. The molecule has 0 fully saturated rings. The van der Waals surface area contributed by atoms with Gasteiger partial charge in [-0.25, -0.2) is 0 Å². The van der Waals surface area contributed by atoms with Crippen LogP contribution >= 0.6 is 22.9 Å². The monoisotopic (exact) mass is 305 g/mol. The van der Waals surface area contributed by atoms with E-state index in [9.17, 15) is 4.79 Å². The molecule has 2 aromatic rings. The topological polar surface area (TPSA) is 29.1 Å². The highest BCUT2D eigenvalue weighted by Gasteiger charge is 1.99. The van der Waals surface area contributed by atoms with E-state index >= 15 is 0 Å². The van der Waals surface area contributed by atoms with Gasteiger partial charge < -0.3 is 5.32 Å². The van der Waals surface area contributed by atoms with Crippen molar-refractivity contribution in [2.75, 3.05) is 6.54 Å². The van der Waals surface area contributed by atoms with Gasteiger partial charge >= 0.3 is 0 Å². The average molecular weight is 306 g/mol. The van der Waals surface area contributed by atoms with Crippen LogP contribution in [0.15, 0.2) is 41.8 Å². The lowest BCUT2D eigenvalue weighted by Crippen LogP contribution is -2.23. The van der Waals surface area contributed by atoms with Gasteiger partial charge in [-0.2, -0.15) is 0 Å². The van der Waals surface area contributed by atoms with E-state index in [4.69, 9.17) is 11.6 Å². The molecular weight excluding hydrogens is 290 g/mol. The van der Waals surface area contributed by atoms with E-state index in [1.807, 2.05) is 48.7 Å². The fraction of sp³-hybridized carbons (Fsp3) is 0.188. The number of rotatable bonds is 5. The first-order valence-electron chi connectivity index (χ1n) is 6.39. The van der Waals surface area contributed by atoms with Crippen molar-refractivity contribution >= 4 is 34.9 Å². The molecule has 1 heterocycles. The molecule has 0 aliphatic heterocycles. The molecule has 0 unspecified atom stereocenters. The summed E-state index contributed by atoms with van der Waals surface area (Å²) in [6, 6.07) is 9.72. The second kappa shape index (κ2) is 7.27. The number of nitrogens with one attached hydrogen (secondary N) is 1. The molecule has 1 aromatic carbocycles. The Hall–Kier alpha value is -1.58. The number of hydrogen-bond acceptors (Lipinski definition) is 2. The predicted octanol–water partition coefficient (Wildman–Crippen LogP) is 4.08. The average Bonchev–Trinajstić information content (AvgIpc) is 2.82. The molecule has 2 nitrogen and oxygen atoms in total. The van der Waals surface area contributed by atoms with Crippen LogP contribution in [-0.4, -0.2) is 12.5 Å². The maximum absolute atomic E-state index is 11.7. The number of carbonyl (C=O) groups is 1.